The van der Waals surface area contributed by atoms with Gasteiger partial charge in [-0.15, -0.1) is 0 Å². The minimum Gasteiger partial charge on any atom is -0.299 e. The maximum Gasteiger partial charge on any atom is 0.261 e. The van der Waals surface area contributed by atoms with Gasteiger partial charge in [0.05, 0.1) is 21.8 Å². The summed E-state index contributed by atoms with van der Waals surface area (Å²) in [5.41, 5.74) is 4.25. The summed E-state index contributed by atoms with van der Waals surface area (Å²) < 4.78 is 25.5. The van der Waals surface area contributed by atoms with Crippen LogP contribution in [-0.2, 0) is 28.6 Å². The van der Waals surface area contributed by atoms with E-state index in [2.05, 4.69) is 11.0 Å². The van der Waals surface area contributed by atoms with Crippen molar-refractivity contribution in [2.75, 3.05) is 19.6 Å². The van der Waals surface area contributed by atoms with E-state index in [0.29, 0.717) is 22.6 Å². The molecular formula is C28H28N2O4S. The first-order valence-corrected chi connectivity index (χ1v) is 13.6. The Morgan fingerprint density at radius 3 is 2.11 bits per heavy atom. The lowest BCUT2D eigenvalue weighted by atomic mass is 9.97. The summed E-state index contributed by atoms with van der Waals surface area (Å²) in [5, 5.41) is 0. The molecule has 0 saturated carbocycles. The number of fused-ring (bicyclic) bond motifs is 2. The summed E-state index contributed by atoms with van der Waals surface area (Å²) in [7, 11) is -3.38. The van der Waals surface area contributed by atoms with Crippen molar-refractivity contribution in [3.8, 4) is 0 Å². The fourth-order valence-electron chi connectivity index (χ4n) is 4.93. The zero-order valence-electron chi connectivity index (χ0n) is 19.5. The standard InChI is InChI=1S/C28H28N2O4S/c31-27-25-10-4-5-11-26(25)28(32)30(27)16-7-6-15-29-17-14-22-13-12-21(18-23(22)19-29)20-35(33,34)24-8-2-1-3-9-24/h1-5,8-13,18H,6-7,14-17,19-20H2. The fraction of sp³-hybridized carbons (Fsp3) is 0.286. The van der Waals surface area contributed by atoms with Crippen molar-refractivity contribution in [1.82, 2.24) is 9.80 Å². The van der Waals surface area contributed by atoms with Crippen LogP contribution in [0.4, 0.5) is 0 Å². The fourth-order valence-corrected chi connectivity index (χ4v) is 6.28. The van der Waals surface area contributed by atoms with Crippen LogP contribution < -0.4 is 0 Å². The lowest BCUT2D eigenvalue weighted by molar-refractivity contribution is 0.0650. The SMILES string of the molecule is O=C1c2ccccc2C(=O)N1CCCCN1CCc2ccc(CS(=O)(=O)c3ccccc3)cc2C1. The summed E-state index contributed by atoms with van der Waals surface area (Å²) in [6.07, 6.45) is 2.56. The van der Waals surface area contributed by atoms with Crippen LogP contribution in [0.1, 0.15) is 50.2 Å². The van der Waals surface area contributed by atoms with Gasteiger partial charge < -0.3 is 0 Å². The summed E-state index contributed by atoms with van der Waals surface area (Å²) in [5.74, 6) is -0.407. The van der Waals surface area contributed by atoms with Crippen LogP contribution in [0.5, 0.6) is 0 Å². The van der Waals surface area contributed by atoms with Crippen LogP contribution in [0.2, 0.25) is 0 Å². The number of carbonyl (C=O) groups excluding carboxylic acids is 2. The van der Waals surface area contributed by atoms with Gasteiger partial charge in [-0.1, -0.05) is 48.5 Å². The molecule has 3 aromatic rings. The molecule has 0 fully saturated rings. The van der Waals surface area contributed by atoms with Crippen LogP contribution >= 0.6 is 0 Å². The van der Waals surface area contributed by atoms with Gasteiger partial charge in [0.1, 0.15) is 0 Å². The number of rotatable bonds is 8. The molecule has 0 atom stereocenters. The van der Waals surface area contributed by atoms with Crippen LogP contribution in [0, 0.1) is 0 Å². The molecule has 6 nitrogen and oxygen atoms in total. The number of unbranched alkanes of at least 4 members (excludes halogenated alkanes) is 1. The molecule has 3 aromatic carbocycles. The highest BCUT2D eigenvalue weighted by Crippen LogP contribution is 2.25. The third kappa shape index (κ3) is 4.92. The molecule has 2 heterocycles. The smallest absolute Gasteiger partial charge is 0.261 e. The predicted molar refractivity (Wildman–Crippen MR) is 134 cm³/mol. The van der Waals surface area contributed by atoms with E-state index in [1.165, 1.54) is 16.0 Å². The van der Waals surface area contributed by atoms with E-state index in [0.717, 1.165) is 44.5 Å². The molecule has 5 rings (SSSR count). The van der Waals surface area contributed by atoms with Gasteiger partial charge in [0.15, 0.2) is 9.84 Å². The lowest BCUT2D eigenvalue weighted by Gasteiger charge is -2.29. The van der Waals surface area contributed by atoms with Crippen LogP contribution in [0.15, 0.2) is 77.7 Å². The van der Waals surface area contributed by atoms with E-state index in [9.17, 15) is 18.0 Å². The van der Waals surface area contributed by atoms with Gasteiger partial charge in [0.2, 0.25) is 0 Å². The zero-order chi connectivity index (χ0) is 24.4. The number of benzene rings is 3. The van der Waals surface area contributed by atoms with Crippen molar-refractivity contribution in [3.63, 3.8) is 0 Å². The summed E-state index contributed by atoms with van der Waals surface area (Å²) in [4.78, 5) is 29.1. The monoisotopic (exact) mass is 488 g/mol. The van der Waals surface area contributed by atoms with Gasteiger partial charge in [-0.2, -0.15) is 0 Å². The molecule has 180 valence electrons. The Kier molecular flexibility index (Phi) is 6.54. The molecule has 0 aliphatic carbocycles. The van der Waals surface area contributed by atoms with Gasteiger partial charge >= 0.3 is 0 Å². The predicted octanol–water partition coefficient (Wildman–Crippen LogP) is 4.10. The van der Waals surface area contributed by atoms with Gasteiger partial charge in [-0.25, -0.2) is 8.42 Å². The molecule has 0 aromatic heterocycles. The van der Waals surface area contributed by atoms with Crippen molar-refractivity contribution in [3.05, 3.63) is 101 Å². The van der Waals surface area contributed by atoms with E-state index in [1.807, 2.05) is 18.2 Å². The molecular weight excluding hydrogens is 460 g/mol. The third-order valence-corrected chi connectivity index (χ3v) is 8.51. The topological polar surface area (TPSA) is 74.8 Å². The maximum absolute atomic E-state index is 12.8. The van der Waals surface area contributed by atoms with E-state index >= 15 is 0 Å². The molecule has 0 spiro atoms. The first-order chi connectivity index (χ1) is 16.9. The Bertz CT molecular complexity index is 1330. The average molecular weight is 489 g/mol. The average Bonchev–Trinajstić information content (AvgIpc) is 3.11. The van der Waals surface area contributed by atoms with Gasteiger partial charge in [-0.3, -0.25) is 19.4 Å². The highest BCUT2D eigenvalue weighted by molar-refractivity contribution is 7.90. The van der Waals surface area contributed by atoms with E-state index < -0.39 is 9.84 Å². The molecule has 35 heavy (non-hydrogen) atoms. The number of hydrogen-bond donors (Lipinski definition) is 0. The van der Waals surface area contributed by atoms with Crippen LogP contribution in [0.25, 0.3) is 0 Å². The number of nitrogens with zero attached hydrogens (tertiary/aromatic N) is 2. The highest BCUT2D eigenvalue weighted by atomic mass is 32.2. The summed E-state index contributed by atoms with van der Waals surface area (Å²) in [6.45, 7) is 3.02. The summed E-state index contributed by atoms with van der Waals surface area (Å²) in [6, 6.07) is 21.6. The zero-order valence-corrected chi connectivity index (χ0v) is 20.3. The molecule has 2 amide bonds. The molecule has 7 heteroatoms. The minimum absolute atomic E-state index is 0.00935. The molecule has 0 saturated heterocycles. The van der Waals surface area contributed by atoms with E-state index in [1.54, 1.807) is 48.5 Å². The first kappa shape index (κ1) is 23.5. The normalized spacial score (nSPS) is 15.8. The number of imide groups is 1. The molecule has 0 bridgehead atoms. The second-order valence-corrected chi connectivity index (χ2v) is 11.2. The molecule has 0 unspecified atom stereocenters. The van der Waals surface area contributed by atoms with Crippen molar-refractivity contribution in [1.29, 1.82) is 0 Å². The quantitative estimate of drug-likeness (QED) is 0.353. The first-order valence-electron chi connectivity index (χ1n) is 12.0. The number of amides is 2. The Hall–Kier alpha value is -3.29. The Morgan fingerprint density at radius 2 is 1.40 bits per heavy atom. The molecule has 2 aliphatic heterocycles. The Morgan fingerprint density at radius 1 is 0.743 bits per heavy atom. The summed E-state index contributed by atoms with van der Waals surface area (Å²) >= 11 is 0. The largest absolute Gasteiger partial charge is 0.299 e. The maximum atomic E-state index is 12.8. The van der Waals surface area contributed by atoms with Gasteiger partial charge in [0, 0.05) is 19.6 Å². The van der Waals surface area contributed by atoms with Crippen molar-refractivity contribution in [2.24, 2.45) is 0 Å². The molecule has 2 aliphatic rings. The van der Waals surface area contributed by atoms with Crippen LogP contribution in [0.3, 0.4) is 0 Å². The molecule has 0 N–H and O–H groups in total. The van der Waals surface area contributed by atoms with Crippen molar-refractivity contribution in [2.45, 2.75) is 36.5 Å². The minimum atomic E-state index is -3.38. The Labute approximate surface area is 206 Å². The Balaban J connectivity index is 1.15. The third-order valence-electron chi connectivity index (χ3n) is 6.81. The molecule has 0 radical (unpaired) electrons. The second-order valence-electron chi connectivity index (χ2n) is 9.22. The van der Waals surface area contributed by atoms with Crippen molar-refractivity contribution >= 4 is 21.7 Å². The van der Waals surface area contributed by atoms with Crippen LogP contribution in [-0.4, -0.2) is 49.7 Å². The van der Waals surface area contributed by atoms with E-state index in [4.69, 9.17) is 0 Å². The number of carbonyl (C=O) groups is 2. The second kappa shape index (κ2) is 9.76. The van der Waals surface area contributed by atoms with Gasteiger partial charge in [-0.05, 0) is 66.8 Å². The van der Waals surface area contributed by atoms with Crippen molar-refractivity contribution < 1.29 is 18.0 Å². The lowest BCUT2D eigenvalue weighted by Crippen LogP contribution is -2.33. The number of hydrogen-bond acceptors (Lipinski definition) is 5. The van der Waals surface area contributed by atoms with Gasteiger partial charge in [0.25, 0.3) is 11.8 Å². The number of sulfone groups is 1. The van der Waals surface area contributed by atoms with E-state index in [-0.39, 0.29) is 17.6 Å². The highest BCUT2D eigenvalue weighted by Gasteiger charge is 2.34.